The van der Waals surface area contributed by atoms with Crippen molar-refractivity contribution < 1.29 is 4.79 Å². The maximum absolute atomic E-state index is 11.6. The van der Waals surface area contributed by atoms with Crippen molar-refractivity contribution in [3.8, 4) is 0 Å². The van der Waals surface area contributed by atoms with Crippen molar-refractivity contribution in [2.75, 3.05) is 33.7 Å². The zero-order valence-corrected chi connectivity index (χ0v) is 9.55. The first-order chi connectivity index (χ1) is 6.61. The van der Waals surface area contributed by atoms with Gasteiger partial charge in [-0.05, 0) is 32.5 Å². The summed E-state index contributed by atoms with van der Waals surface area (Å²) in [6.07, 6.45) is 1.56. The molecule has 1 amide bonds. The van der Waals surface area contributed by atoms with Crippen LogP contribution in [0.4, 0.5) is 0 Å². The van der Waals surface area contributed by atoms with Gasteiger partial charge in [0, 0.05) is 20.0 Å². The number of amides is 1. The predicted octanol–water partition coefficient (Wildman–Crippen LogP) is 0.0392. The summed E-state index contributed by atoms with van der Waals surface area (Å²) in [7, 11) is 3.76. The van der Waals surface area contributed by atoms with Gasteiger partial charge < -0.3 is 16.0 Å². The highest BCUT2D eigenvalue weighted by Gasteiger charge is 2.11. The Morgan fingerprint density at radius 2 is 2.21 bits per heavy atom. The van der Waals surface area contributed by atoms with Crippen molar-refractivity contribution in [3.63, 3.8) is 0 Å². The first-order valence-corrected chi connectivity index (χ1v) is 5.20. The van der Waals surface area contributed by atoms with Crippen molar-refractivity contribution in [2.24, 2.45) is 11.7 Å². The van der Waals surface area contributed by atoms with Gasteiger partial charge >= 0.3 is 0 Å². The summed E-state index contributed by atoms with van der Waals surface area (Å²) in [5, 5.41) is 3.06. The molecule has 0 radical (unpaired) electrons. The topological polar surface area (TPSA) is 58.4 Å². The van der Waals surface area contributed by atoms with E-state index in [9.17, 15) is 4.79 Å². The van der Waals surface area contributed by atoms with E-state index in [-0.39, 0.29) is 11.8 Å². The first-order valence-electron chi connectivity index (χ1n) is 5.20. The van der Waals surface area contributed by atoms with Gasteiger partial charge in [-0.15, -0.1) is 0 Å². The zero-order valence-electron chi connectivity index (χ0n) is 9.55. The second-order valence-corrected chi connectivity index (χ2v) is 3.82. The van der Waals surface area contributed by atoms with Gasteiger partial charge in [-0.25, -0.2) is 0 Å². The lowest BCUT2D eigenvalue weighted by molar-refractivity contribution is -0.130. The molecule has 3 N–H and O–H groups in total. The van der Waals surface area contributed by atoms with Crippen molar-refractivity contribution >= 4 is 5.91 Å². The van der Waals surface area contributed by atoms with Gasteiger partial charge in [-0.2, -0.15) is 0 Å². The van der Waals surface area contributed by atoms with E-state index in [1.54, 1.807) is 4.90 Å². The molecule has 0 aromatic heterocycles. The van der Waals surface area contributed by atoms with E-state index in [4.69, 9.17) is 5.73 Å². The van der Waals surface area contributed by atoms with Crippen molar-refractivity contribution in [2.45, 2.75) is 19.8 Å². The smallest absolute Gasteiger partial charge is 0.222 e. The molecule has 0 rings (SSSR count). The number of carbonyl (C=O) groups is 1. The standard InChI is InChI=1S/C10H23N3O/c1-9(8-11)7-10(14)13(3)6-4-5-12-2/h9,12H,4-8,11H2,1-3H3. The molecule has 4 heteroatoms. The third-order valence-corrected chi connectivity index (χ3v) is 2.27. The molecule has 0 bridgehead atoms. The van der Waals surface area contributed by atoms with Crippen LogP contribution in [-0.2, 0) is 4.79 Å². The second-order valence-electron chi connectivity index (χ2n) is 3.82. The van der Waals surface area contributed by atoms with Gasteiger partial charge in [-0.3, -0.25) is 4.79 Å². The third kappa shape index (κ3) is 5.94. The quantitative estimate of drug-likeness (QED) is 0.572. The summed E-state index contributed by atoms with van der Waals surface area (Å²) in [6, 6.07) is 0. The highest BCUT2D eigenvalue weighted by atomic mass is 16.2. The largest absolute Gasteiger partial charge is 0.346 e. The van der Waals surface area contributed by atoms with E-state index in [1.165, 1.54) is 0 Å². The molecule has 0 aliphatic heterocycles. The van der Waals surface area contributed by atoms with Gasteiger partial charge in [-0.1, -0.05) is 6.92 Å². The van der Waals surface area contributed by atoms with Crippen molar-refractivity contribution in [1.82, 2.24) is 10.2 Å². The van der Waals surface area contributed by atoms with Gasteiger partial charge in [0.2, 0.25) is 5.91 Å². The van der Waals surface area contributed by atoms with Crippen molar-refractivity contribution in [1.29, 1.82) is 0 Å². The Labute approximate surface area is 86.8 Å². The van der Waals surface area contributed by atoms with E-state index in [1.807, 2.05) is 21.0 Å². The second kappa shape index (κ2) is 7.76. The molecule has 84 valence electrons. The third-order valence-electron chi connectivity index (χ3n) is 2.27. The molecule has 0 aromatic carbocycles. The number of nitrogens with two attached hydrogens (primary N) is 1. The summed E-state index contributed by atoms with van der Waals surface area (Å²) in [4.78, 5) is 13.3. The highest BCUT2D eigenvalue weighted by Crippen LogP contribution is 2.02. The van der Waals surface area contributed by atoms with Gasteiger partial charge in [0.25, 0.3) is 0 Å². The predicted molar refractivity (Wildman–Crippen MR) is 59.0 cm³/mol. The molecule has 0 heterocycles. The number of hydrogen-bond acceptors (Lipinski definition) is 3. The Bertz CT molecular complexity index is 161. The maximum Gasteiger partial charge on any atom is 0.222 e. The minimum atomic E-state index is 0.194. The Morgan fingerprint density at radius 3 is 2.71 bits per heavy atom. The lowest BCUT2D eigenvalue weighted by Gasteiger charge is -2.18. The van der Waals surface area contributed by atoms with E-state index >= 15 is 0 Å². The normalized spacial score (nSPS) is 12.6. The van der Waals surface area contributed by atoms with Crippen LogP contribution in [0.5, 0.6) is 0 Å². The van der Waals surface area contributed by atoms with Gasteiger partial charge in [0.15, 0.2) is 0 Å². The monoisotopic (exact) mass is 201 g/mol. The minimum absolute atomic E-state index is 0.194. The summed E-state index contributed by atoms with van der Waals surface area (Å²) >= 11 is 0. The number of carbonyl (C=O) groups excluding carboxylic acids is 1. The molecule has 4 nitrogen and oxygen atoms in total. The molecule has 1 atom stereocenters. The summed E-state index contributed by atoms with van der Waals surface area (Å²) in [5.74, 6) is 0.480. The Morgan fingerprint density at radius 1 is 1.57 bits per heavy atom. The molecule has 0 aliphatic carbocycles. The van der Waals surface area contributed by atoms with Crippen LogP contribution in [0.3, 0.4) is 0 Å². The first kappa shape index (κ1) is 13.4. The zero-order chi connectivity index (χ0) is 11.0. The average Bonchev–Trinajstić information content (AvgIpc) is 2.17. The summed E-state index contributed by atoms with van der Waals surface area (Å²) < 4.78 is 0. The number of nitrogens with zero attached hydrogens (tertiary/aromatic N) is 1. The van der Waals surface area contributed by atoms with Crippen LogP contribution in [0.2, 0.25) is 0 Å². The van der Waals surface area contributed by atoms with Crippen molar-refractivity contribution in [3.05, 3.63) is 0 Å². The van der Waals surface area contributed by atoms with Crippen LogP contribution >= 0.6 is 0 Å². The fraction of sp³-hybridized carbons (Fsp3) is 0.900. The van der Waals surface area contributed by atoms with Gasteiger partial charge in [0.1, 0.15) is 0 Å². The summed E-state index contributed by atoms with van der Waals surface area (Å²) in [5.41, 5.74) is 5.46. The molecular weight excluding hydrogens is 178 g/mol. The van der Waals surface area contributed by atoms with Crippen LogP contribution in [-0.4, -0.2) is 44.5 Å². The van der Waals surface area contributed by atoms with Crippen LogP contribution < -0.4 is 11.1 Å². The molecule has 0 aliphatic rings. The van der Waals surface area contributed by atoms with Crippen LogP contribution in [0.1, 0.15) is 19.8 Å². The highest BCUT2D eigenvalue weighted by molar-refractivity contribution is 5.76. The number of nitrogens with one attached hydrogen (secondary N) is 1. The average molecular weight is 201 g/mol. The lowest BCUT2D eigenvalue weighted by atomic mass is 10.1. The van der Waals surface area contributed by atoms with Gasteiger partial charge in [0.05, 0.1) is 0 Å². The molecule has 0 saturated heterocycles. The Hall–Kier alpha value is -0.610. The van der Waals surface area contributed by atoms with E-state index in [0.29, 0.717) is 13.0 Å². The molecule has 0 fully saturated rings. The minimum Gasteiger partial charge on any atom is -0.346 e. The lowest BCUT2D eigenvalue weighted by Crippen LogP contribution is -2.31. The van der Waals surface area contributed by atoms with E-state index in [2.05, 4.69) is 5.32 Å². The number of rotatable bonds is 7. The number of hydrogen-bond donors (Lipinski definition) is 2. The van der Waals surface area contributed by atoms with E-state index < -0.39 is 0 Å². The molecular formula is C10H23N3O. The molecule has 0 spiro atoms. The molecule has 0 aromatic rings. The fourth-order valence-electron chi connectivity index (χ4n) is 1.15. The summed E-state index contributed by atoms with van der Waals surface area (Å²) in [6.45, 7) is 4.34. The molecule has 0 saturated carbocycles. The van der Waals surface area contributed by atoms with Crippen LogP contribution in [0, 0.1) is 5.92 Å². The van der Waals surface area contributed by atoms with Crippen LogP contribution in [0.25, 0.3) is 0 Å². The fourth-order valence-corrected chi connectivity index (χ4v) is 1.15. The van der Waals surface area contributed by atoms with Crippen LogP contribution in [0.15, 0.2) is 0 Å². The Kier molecular flexibility index (Phi) is 7.42. The molecule has 1 unspecified atom stereocenters. The Balaban J connectivity index is 3.64. The maximum atomic E-state index is 11.6. The molecule has 14 heavy (non-hydrogen) atoms. The SMILES string of the molecule is CNCCCN(C)C(=O)CC(C)CN. The van der Waals surface area contributed by atoms with E-state index in [0.717, 1.165) is 19.5 Å².